The number of likely N-dealkylation sites (tertiary alicyclic amines) is 1. The van der Waals surface area contributed by atoms with E-state index in [2.05, 4.69) is 6.92 Å². The third-order valence-corrected chi connectivity index (χ3v) is 11.4. The summed E-state index contributed by atoms with van der Waals surface area (Å²) in [7, 11) is 0. The number of piperidine rings is 1. The molecule has 0 aromatic heterocycles. The SMILES string of the molecule is CC[N+]1([O-])C[C@]2(C)CC[C@H](O)[C@]34C1[C@H](C[C@H]23)[C@@]12CC[C@@H](C[C@H]14)[C@@](O)(CO)[C@H]2O. The van der Waals surface area contributed by atoms with Crippen LogP contribution in [-0.4, -0.2) is 68.6 Å². The standard InChI is InChI=1S/C22H35NO5/c1-3-23(28)10-19(2)6-5-16(25)22-14(19)9-13(17(22)23)20-7-4-12(8-15(20)22)21(27,11-24)18(20)26/h12-18,24-27H,3-11H2,1-2H3/t12-,13-,14+,15+,16-,17?,18-,19-,20-,21-,22-,23?/m0/s1. The van der Waals surface area contributed by atoms with Crippen LogP contribution in [0.15, 0.2) is 0 Å². The summed E-state index contributed by atoms with van der Waals surface area (Å²) in [6.07, 6.45) is 3.40. The summed E-state index contributed by atoms with van der Waals surface area (Å²) in [4.78, 5) is 0. The number of hydroxylamine groups is 3. The van der Waals surface area contributed by atoms with Gasteiger partial charge < -0.3 is 30.3 Å². The predicted molar refractivity (Wildman–Crippen MR) is 102 cm³/mol. The van der Waals surface area contributed by atoms with Crippen LogP contribution in [0.3, 0.4) is 0 Å². The molecule has 7 rings (SSSR count). The van der Waals surface area contributed by atoms with Crippen LogP contribution in [0.5, 0.6) is 0 Å². The predicted octanol–water partition coefficient (Wildman–Crippen LogP) is 1.00. The number of quaternary nitrogens is 1. The Morgan fingerprint density at radius 3 is 2.54 bits per heavy atom. The smallest absolute Gasteiger partial charge is 0.117 e. The summed E-state index contributed by atoms with van der Waals surface area (Å²) in [5, 5.41) is 58.5. The van der Waals surface area contributed by atoms with Gasteiger partial charge in [-0.05, 0) is 63.2 Å². The Morgan fingerprint density at radius 1 is 1.11 bits per heavy atom. The highest BCUT2D eigenvalue weighted by Crippen LogP contribution is 2.84. The first-order valence-corrected chi connectivity index (χ1v) is 11.4. The zero-order valence-corrected chi connectivity index (χ0v) is 17.0. The first-order valence-electron chi connectivity index (χ1n) is 11.4. The summed E-state index contributed by atoms with van der Waals surface area (Å²) < 4.78 is -0.248. The molecule has 7 bridgehead atoms. The van der Waals surface area contributed by atoms with Gasteiger partial charge in [0.2, 0.25) is 0 Å². The Morgan fingerprint density at radius 2 is 1.86 bits per heavy atom. The van der Waals surface area contributed by atoms with Gasteiger partial charge in [0.25, 0.3) is 0 Å². The van der Waals surface area contributed by atoms with Crippen molar-refractivity contribution in [2.75, 3.05) is 19.7 Å². The van der Waals surface area contributed by atoms with E-state index < -0.39 is 35.2 Å². The van der Waals surface area contributed by atoms with Gasteiger partial charge in [0.05, 0.1) is 37.3 Å². The van der Waals surface area contributed by atoms with Crippen LogP contribution in [0.4, 0.5) is 0 Å². The van der Waals surface area contributed by atoms with E-state index in [-0.39, 0.29) is 33.9 Å². The number of fused-ring (bicyclic) bond motifs is 2. The van der Waals surface area contributed by atoms with Crippen molar-refractivity contribution in [1.29, 1.82) is 0 Å². The van der Waals surface area contributed by atoms with Gasteiger partial charge in [-0.2, -0.15) is 0 Å². The van der Waals surface area contributed by atoms with Crippen molar-refractivity contribution in [2.45, 2.75) is 76.2 Å². The summed E-state index contributed by atoms with van der Waals surface area (Å²) >= 11 is 0. The molecule has 1 aliphatic heterocycles. The van der Waals surface area contributed by atoms with Crippen molar-refractivity contribution in [3.63, 3.8) is 0 Å². The molecule has 0 radical (unpaired) electrons. The lowest BCUT2D eigenvalue weighted by Gasteiger charge is -2.70. The lowest BCUT2D eigenvalue weighted by atomic mass is 9.38. The zero-order valence-electron chi connectivity index (χ0n) is 17.0. The normalized spacial score (nSPS) is 68.9. The van der Waals surface area contributed by atoms with Gasteiger partial charge in [0, 0.05) is 16.7 Å². The quantitative estimate of drug-likeness (QED) is 0.414. The fourth-order valence-electron chi connectivity index (χ4n) is 10.7. The molecule has 12 atom stereocenters. The molecular weight excluding hydrogens is 358 g/mol. The van der Waals surface area contributed by atoms with E-state index in [0.29, 0.717) is 19.0 Å². The molecule has 7 aliphatic rings. The average Bonchev–Trinajstić information content (AvgIpc) is 3.16. The number of aliphatic hydroxyl groups is 4. The van der Waals surface area contributed by atoms with Crippen LogP contribution in [0, 0.1) is 45.1 Å². The molecule has 6 aliphatic carbocycles. The van der Waals surface area contributed by atoms with Crippen molar-refractivity contribution >= 4 is 0 Å². The van der Waals surface area contributed by atoms with E-state index in [1.54, 1.807) is 0 Å². The van der Waals surface area contributed by atoms with Crippen molar-refractivity contribution in [3.8, 4) is 0 Å². The molecule has 2 unspecified atom stereocenters. The van der Waals surface area contributed by atoms with Crippen LogP contribution < -0.4 is 0 Å². The van der Waals surface area contributed by atoms with E-state index in [0.717, 1.165) is 38.5 Å². The van der Waals surface area contributed by atoms with Gasteiger partial charge in [-0.1, -0.05) is 6.92 Å². The number of hydrogen-bond donors (Lipinski definition) is 4. The van der Waals surface area contributed by atoms with Crippen LogP contribution in [0.25, 0.3) is 0 Å². The summed E-state index contributed by atoms with van der Waals surface area (Å²) in [6, 6.07) is -0.176. The fraction of sp³-hybridized carbons (Fsp3) is 1.00. The first-order chi connectivity index (χ1) is 13.1. The average molecular weight is 394 g/mol. The van der Waals surface area contributed by atoms with Gasteiger partial charge in [0.1, 0.15) is 11.6 Å². The monoisotopic (exact) mass is 393 g/mol. The maximum Gasteiger partial charge on any atom is 0.117 e. The second-order valence-corrected chi connectivity index (χ2v) is 11.7. The second kappa shape index (κ2) is 4.97. The maximum atomic E-state index is 14.3. The Bertz CT molecular complexity index is 734. The first kappa shape index (κ1) is 18.5. The van der Waals surface area contributed by atoms with E-state index in [1.807, 2.05) is 6.92 Å². The number of rotatable bonds is 2. The van der Waals surface area contributed by atoms with Crippen molar-refractivity contribution in [3.05, 3.63) is 5.21 Å². The minimum absolute atomic E-state index is 0.0313. The summed E-state index contributed by atoms with van der Waals surface area (Å²) in [6.45, 7) is 4.96. The molecule has 2 spiro atoms. The van der Waals surface area contributed by atoms with Gasteiger partial charge in [-0.15, -0.1) is 0 Å². The summed E-state index contributed by atoms with van der Waals surface area (Å²) in [5.74, 6) is 0.311. The molecule has 28 heavy (non-hydrogen) atoms. The third kappa shape index (κ3) is 1.53. The molecule has 0 amide bonds. The molecule has 7 fully saturated rings. The van der Waals surface area contributed by atoms with Crippen LogP contribution in [-0.2, 0) is 0 Å². The van der Waals surface area contributed by atoms with E-state index >= 15 is 0 Å². The van der Waals surface area contributed by atoms with Crippen molar-refractivity contribution in [1.82, 2.24) is 0 Å². The van der Waals surface area contributed by atoms with Crippen molar-refractivity contribution in [2.24, 2.45) is 39.9 Å². The minimum atomic E-state index is -1.46. The molecule has 6 saturated carbocycles. The third-order valence-electron chi connectivity index (χ3n) is 11.4. The van der Waals surface area contributed by atoms with Crippen LogP contribution in [0.1, 0.15) is 52.4 Å². The molecule has 1 saturated heterocycles. The zero-order chi connectivity index (χ0) is 19.9. The Kier molecular flexibility index (Phi) is 3.29. The van der Waals surface area contributed by atoms with Gasteiger partial charge in [-0.3, -0.25) is 0 Å². The molecule has 0 aromatic rings. The van der Waals surface area contributed by atoms with Gasteiger partial charge >= 0.3 is 0 Å². The molecular formula is C22H35NO5. The lowest BCUT2D eigenvalue weighted by Crippen LogP contribution is -2.75. The van der Waals surface area contributed by atoms with E-state index in [1.165, 1.54) is 0 Å². The van der Waals surface area contributed by atoms with E-state index in [4.69, 9.17) is 0 Å². The highest BCUT2D eigenvalue weighted by Gasteiger charge is 2.88. The number of aliphatic hydroxyl groups excluding tert-OH is 3. The Labute approximate surface area is 166 Å². The number of nitrogens with zero attached hydrogens (tertiary/aromatic N) is 1. The number of hydrogen-bond acceptors (Lipinski definition) is 5. The molecule has 4 N–H and O–H groups in total. The molecule has 6 heteroatoms. The maximum absolute atomic E-state index is 14.3. The lowest BCUT2D eigenvalue weighted by molar-refractivity contribution is -0.927. The fourth-order valence-corrected chi connectivity index (χ4v) is 10.7. The Balaban J connectivity index is 1.60. The highest BCUT2D eigenvalue weighted by atomic mass is 16.5. The summed E-state index contributed by atoms with van der Waals surface area (Å²) in [5.41, 5.74) is -2.46. The van der Waals surface area contributed by atoms with Gasteiger partial charge in [-0.25, -0.2) is 0 Å². The topological polar surface area (TPSA) is 104 Å². The molecule has 0 aromatic carbocycles. The molecule has 158 valence electrons. The second-order valence-electron chi connectivity index (χ2n) is 11.7. The van der Waals surface area contributed by atoms with E-state index in [9.17, 15) is 25.6 Å². The van der Waals surface area contributed by atoms with Crippen LogP contribution in [0.2, 0.25) is 0 Å². The molecule has 1 heterocycles. The molecule has 6 nitrogen and oxygen atoms in total. The highest BCUT2D eigenvalue weighted by molar-refractivity contribution is 5.33. The Hall–Kier alpha value is -0.240. The van der Waals surface area contributed by atoms with Crippen LogP contribution >= 0.6 is 0 Å². The van der Waals surface area contributed by atoms with Crippen molar-refractivity contribution < 1.29 is 25.1 Å². The van der Waals surface area contributed by atoms with Gasteiger partial charge in [0.15, 0.2) is 0 Å². The minimum Gasteiger partial charge on any atom is -0.633 e. The largest absolute Gasteiger partial charge is 0.633 e.